The van der Waals surface area contributed by atoms with Crippen LogP contribution in [0.4, 0.5) is 0 Å². The number of carbonyl (C=O) groups is 2. The van der Waals surface area contributed by atoms with Crippen LogP contribution in [0.25, 0.3) is 0 Å². The van der Waals surface area contributed by atoms with Gasteiger partial charge in [0.1, 0.15) is 12.4 Å². The molecule has 152 valence electrons. The molecule has 0 fully saturated rings. The van der Waals surface area contributed by atoms with Gasteiger partial charge >= 0.3 is 11.8 Å². The molecule has 3 rings (SSSR count). The van der Waals surface area contributed by atoms with Gasteiger partial charge in [-0.15, -0.1) is 0 Å². The van der Waals surface area contributed by atoms with E-state index in [1.807, 2.05) is 85.8 Å². The van der Waals surface area contributed by atoms with Crippen molar-refractivity contribution in [2.24, 2.45) is 5.10 Å². The lowest BCUT2D eigenvalue weighted by molar-refractivity contribution is -0.139. The van der Waals surface area contributed by atoms with Crippen LogP contribution in [-0.4, -0.2) is 18.0 Å². The van der Waals surface area contributed by atoms with Crippen molar-refractivity contribution in [2.75, 3.05) is 0 Å². The summed E-state index contributed by atoms with van der Waals surface area (Å²) in [7, 11) is 0. The topological polar surface area (TPSA) is 79.8 Å². The van der Waals surface area contributed by atoms with Gasteiger partial charge in [-0.1, -0.05) is 72.8 Å². The predicted molar refractivity (Wildman–Crippen MR) is 116 cm³/mol. The molecule has 2 amide bonds. The number of nitrogens with zero attached hydrogens (tertiary/aromatic N) is 1. The molecule has 30 heavy (non-hydrogen) atoms. The molecule has 6 nitrogen and oxygen atoms in total. The highest BCUT2D eigenvalue weighted by Crippen LogP contribution is 2.14. The molecule has 0 heterocycles. The van der Waals surface area contributed by atoms with Gasteiger partial charge in [0.25, 0.3) is 0 Å². The Kier molecular flexibility index (Phi) is 7.33. The Balaban J connectivity index is 1.49. The van der Waals surface area contributed by atoms with Gasteiger partial charge in [-0.05, 0) is 35.7 Å². The first-order valence-electron chi connectivity index (χ1n) is 9.57. The molecule has 1 atom stereocenters. The van der Waals surface area contributed by atoms with Crippen LogP contribution in [0.1, 0.15) is 29.7 Å². The number of hydrazone groups is 1. The molecule has 0 saturated heterocycles. The van der Waals surface area contributed by atoms with Crippen molar-refractivity contribution < 1.29 is 14.3 Å². The highest BCUT2D eigenvalue weighted by atomic mass is 16.5. The average molecular weight is 401 g/mol. The molecule has 0 aliphatic rings. The normalized spacial score (nSPS) is 11.6. The molecular weight excluding hydrogens is 378 g/mol. The van der Waals surface area contributed by atoms with Crippen LogP contribution in [0.2, 0.25) is 0 Å². The Bertz CT molecular complexity index is 1000. The molecule has 0 bridgehead atoms. The monoisotopic (exact) mass is 401 g/mol. The van der Waals surface area contributed by atoms with E-state index in [0.29, 0.717) is 12.4 Å². The zero-order chi connectivity index (χ0) is 21.2. The number of nitrogens with one attached hydrogen (secondary N) is 2. The molecule has 0 aliphatic heterocycles. The van der Waals surface area contributed by atoms with Crippen molar-refractivity contribution in [1.29, 1.82) is 0 Å². The Morgan fingerprint density at radius 1 is 0.933 bits per heavy atom. The highest BCUT2D eigenvalue weighted by molar-refractivity contribution is 6.35. The van der Waals surface area contributed by atoms with E-state index in [1.54, 1.807) is 6.07 Å². The van der Waals surface area contributed by atoms with E-state index in [4.69, 9.17) is 4.74 Å². The summed E-state index contributed by atoms with van der Waals surface area (Å²) < 4.78 is 5.77. The summed E-state index contributed by atoms with van der Waals surface area (Å²) in [5.41, 5.74) is 4.96. The van der Waals surface area contributed by atoms with E-state index < -0.39 is 11.8 Å². The van der Waals surface area contributed by atoms with E-state index in [-0.39, 0.29) is 6.04 Å². The third-order valence-electron chi connectivity index (χ3n) is 4.34. The van der Waals surface area contributed by atoms with Crippen LogP contribution in [0.15, 0.2) is 90.0 Å². The fourth-order valence-electron chi connectivity index (χ4n) is 2.73. The van der Waals surface area contributed by atoms with Gasteiger partial charge in [0, 0.05) is 0 Å². The van der Waals surface area contributed by atoms with Gasteiger partial charge in [0.15, 0.2) is 0 Å². The molecular formula is C24H23N3O3. The first-order valence-corrected chi connectivity index (χ1v) is 9.57. The molecule has 0 aliphatic carbocycles. The lowest BCUT2D eigenvalue weighted by Gasteiger charge is -2.13. The Hall–Kier alpha value is -3.93. The minimum atomic E-state index is -0.828. The van der Waals surface area contributed by atoms with Gasteiger partial charge < -0.3 is 10.1 Å². The predicted octanol–water partition coefficient (Wildman–Crippen LogP) is 3.59. The van der Waals surface area contributed by atoms with Gasteiger partial charge in [-0.25, -0.2) is 5.43 Å². The molecule has 0 spiro atoms. The van der Waals surface area contributed by atoms with Gasteiger partial charge in [0.2, 0.25) is 0 Å². The summed E-state index contributed by atoms with van der Waals surface area (Å²) in [6.07, 6.45) is 1.46. The second-order valence-electron chi connectivity index (χ2n) is 6.65. The average Bonchev–Trinajstić information content (AvgIpc) is 2.79. The molecule has 2 N–H and O–H groups in total. The maximum absolute atomic E-state index is 12.0. The summed E-state index contributed by atoms with van der Waals surface area (Å²) in [5.74, 6) is -0.891. The SMILES string of the molecule is C[C@@H](NC(=O)C(=O)N/N=C\c1cccc(OCc2ccccc2)c1)c1ccccc1. The molecule has 3 aromatic carbocycles. The van der Waals surface area contributed by atoms with E-state index >= 15 is 0 Å². The number of benzene rings is 3. The van der Waals surface area contributed by atoms with Crippen molar-refractivity contribution in [3.63, 3.8) is 0 Å². The number of ether oxygens (including phenoxy) is 1. The lowest BCUT2D eigenvalue weighted by atomic mass is 10.1. The summed E-state index contributed by atoms with van der Waals surface area (Å²) in [5, 5.41) is 6.50. The fraction of sp³-hybridized carbons (Fsp3) is 0.125. The van der Waals surface area contributed by atoms with Crippen molar-refractivity contribution in [3.05, 3.63) is 102 Å². The third-order valence-corrected chi connectivity index (χ3v) is 4.34. The van der Waals surface area contributed by atoms with Crippen LogP contribution in [0.3, 0.4) is 0 Å². The van der Waals surface area contributed by atoms with Crippen LogP contribution in [-0.2, 0) is 16.2 Å². The second-order valence-corrected chi connectivity index (χ2v) is 6.65. The summed E-state index contributed by atoms with van der Waals surface area (Å²) in [6, 6.07) is 26.3. The van der Waals surface area contributed by atoms with Gasteiger partial charge in [0.05, 0.1) is 12.3 Å². The van der Waals surface area contributed by atoms with Crippen molar-refractivity contribution >= 4 is 18.0 Å². The Morgan fingerprint density at radius 2 is 1.63 bits per heavy atom. The fourth-order valence-corrected chi connectivity index (χ4v) is 2.73. The number of amides is 2. The molecule has 0 unspecified atom stereocenters. The minimum absolute atomic E-state index is 0.285. The maximum atomic E-state index is 12.0. The van der Waals surface area contributed by atoms with E-state index in [9.17, 15) is 9.59 Å². The quantitative estimate of drug-likeness (QED) is 0.361. The number of carbonyl (C=O) groups excluding carboxylic acids is 2. The van der Waals surface area contributed by atoms with Gasteiger partial charge in [-0.3, -0.25) is 9.59 Å². The van der Waals surface area contributed by atoms with E-state index in [0.717, 1.165) is 16.7 Å². The second kappa shape index (κ2) is 10.6. The maximum Gasteiger partial charge on any atom is 0.329 e. The van der Waals surface area contributed by atoms with Crippen molar-refractivity contribution in [2.45, 2.75) is 19.6 Å². The first-order chi connectivity index (χ1) is 14.6. The Morgan fingerprint density at radius 3 is 2.37 bits per heavy atom. The summed E-state index contributed by atoms with van der Waals surface area (Å²) in [4.78, 5) is 24.0. The standard InChI is InChI=1S/C24H23N3O3/c1-18(21-12-6-3-7-13-21)26-23(28)24(29)27-25-16-20-11-8-14-22(15-20)30-17-19-9-4-2-5-10-19/h2-16,18H,17H2,1H3,(H,26,28)(H,27,29)/b25-16-/t18-/m1/s1. The molecule has 3 aromatic rings. The van der Waals surface area contributed by atoms with Crippen molar-refractivity contribution in [3.8, 4) is 5.75 Å². The number of rotatable bonds is 7. The Labute approximate surface area is 175 Å². The zero-order valence-corrected chi connectivity index (χ0v) is 16.6. The van der Waals surface area contributed by atoms with Crippen LogP contribution in [0.5, 0.6) is 5.75 Å². The number of hydrogen-bond donors (Lipinski definition) is 2. The molecule has 0 aromatic heterocycles. The van der Waals surface area contributed by atoms with Crippen LogP contribution >= 0.6 is 0 Å². The highest BCUT2D eigenvalue weighted by Gasteiger charge is 2.16. The summed E-state index contributed by atoms with van der Waals surface area (Å²) in [6.45, 7) is 2.27. The first kappa shape index (κ1) is 20.8. The lowest BCUT2D eigenvalue weighted by Crippen LogP contribution is -2.39. The van der Waals surface area contributed by atoms with E-state index in [2.05, 4.69) is 15.8 Å². The minimum Gasteiger partial charge on any atom is -0.489 e. The smallest absolute Gasteiger partial charge is 0.329 e. The van der Waals surface area contributed by atoms with Crippen LogP contribution in [0, 0.1) is 0 Å². The third kappa shape index (κ3) is 6.31. The molecule has 0 radical (unpaired) electrons. The van der Waals surface area contributed by atoms with Gasteiger partial charge in [-0.2, -0.15) is 5.10 Å². The zero-order valence-electron chi connectivity index (χ0n) is 16.6. The summed E-state index contributed by atoms with van der Waals surface area (Å²) >= 11 is 0. The molecule has 0 saturated carbocycles. The molecule has 6 heteroatoms. The van der Waals surface area contributed by atoms with E-state index in [1.165, 1.54) is 6.21 Å². The number of hydrogen-bond acceptors (Lipinski definition) is 4. The largest absolute Gasteiger partial charge is 0.489 e. The van der Waals surface area contributed by atoms with Crippen molar-refractivity contribution in [1.82, 2.24) is 10.7 Å². The van der Waals surface area contributed by atoms with Crippen LogP contribution < -0.4 is 15.5 Å².